The van der Waals surface area contributed by atoms with Gasteiger partial charge in [0.25, 0.3) is 0 Å². The number of likely N-dealkylation sites (tertiary alicyclic amines) is 1. The molecule has 1 fully saturated rings. The van der Waals surface area contributed by atoms with E-state index in [0.29, 0.717) is 6.42 Å². The minimum Gasteiger partial charge on any atom is -0.469 e. The number of esters is 2. The molecule has 0 saturated carbocycles. The van der Waals surface area contributed by atoms with Crippen LogP contribution in [-0.2, 0) is 28.7 Å². The lowest BCUT2D eigenvalue weighted by atomic mass is 10.0. The van der Waals surface area contributed by atoms with Crippen molar-refractivity contribution in [1.29, 1.82) is 0 Å². The summed E-state index contributed by atoms with van der Waals surface area (Å²) in [7, 11) is 2.41. The van der Waals surface area contributed by atoms with Crippen molar-refractivity contribution in [3.63, 3.8) is 0 Å². The highest BCUT2D eigenvalue weighted by Gasteiger charge is 2.46. The Balaban J connectivity index is 2.84. The Hall–Kier alpha value is -2.12. The number of hydrogen-bond acceptors (Lipinski definition) is 6. The SMILES string of the molecule is COC(=O)[C@H]1CCN(C(=O)CNC(C)=O)[C@H]1C(=O)OC. The molecular weight excluding hydrogens is 268 g/mol. The van der Waals surface area contributed by atoms with Gasteiger partial charge in [0.15, 0.2) is 0 Å². The first-order chi connectivity index (χ1) is 9.42. The molecule has 2 atom stereocenters. The van der Waals surface area contributed by atoms with Gasteiger partial charge in [0.2, 0.25) is 11.8 Å². The highest BCUT2D eigenvalue weighted by atomic mass is 16.5. The molecule has 1 aliphatic rings. The van der Waals surface area contributed by atoms with Gasteiger partial charge in [-0.2, -0.15) is 0 Å². The van der Waals surface area contributed by atoms with E-state index in [9.17, 15) is 19.2 Å². The molecule has 2 amide bonds. The summed E-state index contributed by atoms with van der Waals surface area (Å²) in [4.78, 5) is 47.5. The normalized spacial score (nSPS) is 21.2. The first-order valence-corrected chi connectivity index (χ1v) is 6.12. The molecule has 1 saturated heterocycles. The summed E-state index contributed by atoms with van der Waals surface area (Å²) in [5, 5.41) is 2.36. The topological polar surface area (TPSA) is 102 Å². The minimum atomic E-state index is -1.01. The first kappa shape index (κ1) is 15.9. The number of carbonyl (C=O) groups is 4. The van der Waals surface area contributed by atoms with Gasteiger partial charge in [-0.15, -0.1) is 0 Å². The van der Waals surface area contributed by atoms with Crippen molar-refractivity contribution in [2.75, 3.05) is 27.3 Å². The second-order valence-corrected chi connectivity index (χ2v) is 4.38. The lowest BCUT2D eigenvalue weighted by Crippen LogP contribution is -2.48. The number of carbonyl (C=O) groups excluding carboxylic acids is 4. The van der Waals surface area contributed by atoms with Crippen LogP contribution in [0.1, 0.15) is 13.3 Å². The third kappa shape index (κ3) is 3.46. The van der Waals surface area contributed by atoms with E-state index in [1.807, 2.05) is 0 Å². The second kappa shape index (κ2) is 6.88. The molecule has 0 aromatic heterocycles. The molecule has 20 heavy (non-hydrogen) atoms. The van der Waals surface area contributed by atoms with E-state index >= 15 is 0 Å². The summed E-state index contributed by atoms with van der Waals surface area (Å²) in [5.41, 5.74) is 0. The molecule has 0 aromatic carbocycles. The van der Waals surface area contributed by atoms with Crippen LogP contribution in [0.5, 0.6) is 0 Å². The van der Waals surface area contributed by atoms with Crippen molar-refractivity contribution in [2.45, 2.75) is 19.4 Å². The molecule has 0 unspecified atom stereocenters. The fourth-order valence-electron chi connectivity index (χ4n) is 2.18. The molecular formula is C12H18N2O6. The van der Waals surface area contributed by atoms with Crippen molar-refractivity contribution >= 4 is 23.8 Å². The molecule has 0 aliphatic carbocycles. The third-order valence-corrected chi connectivity index (χ3v) is 3.15. The van der Waals surface area contributed by atoms with Crippen LogP contribution in [0.25, 0.3) is 0 Å². The average Bonchev–Trinajstić information content (AvgIpc) is 2.87. The maximum atomic E-state index is 12.0. The molecule has 8 nitrogen and oxygen atoms in total. The number of ether oxygens (including phenoxy) is 2. The quantitative estimate of drug-likeness (QED) is 0.643. The molecule has 8 heteroatoms. The molecule has 0 radical (unpaired) electrons. The van der Waals surface area contributed by atoms with Gasteiger partial charge < -0.3 is 19.7 Å². The van der Waals surface area contributed by atoms with Gasteiger partial charge in [-0.3, -0.25) is 14.4 Å². The molecule has 1 aliphatic heterocycles. The van der Waals surface area contributed by atoms with Crippen molar-refractivity contribution in [2.24, 2.45) is 5.92 Å². The maximum absolute atomic E-state index is 12.0. The highest BCUT2D eigenvalue weighted by molar-refractivity contribution is 5.92. The zero-order valence-electron chi connectivity index (χ0n) is 11.7. The third-order valence-electron chi connectivity index (χ3n) is 3.15. The van der Waals surface area contributed by atoms with E-state index in [-0.39, 0.29) is 19.0 Å². The van der Waals surface area contributed by atoms with Gasteiger partial charge in [0.1, 0.15) is 6.04 Å². The maximum Gasteiger partial charge on any atom is 0.329 e. The smallest absolute Gasteiger partial charge is 0.329 e. The van der Waals surface area contributed by atoms with Crippen LogP contribution in [-0.4, -0.2) is 62.0 Å². The molecule has 1 rings (SSSR count). The largest absolute Gasteiger partial charge is 0.469 e. The van der Waals surface area contributed by atoms with Crippen LogP contribution in [0.4, 0.5) is 0 Å². The summed E-state index contributed by atoms with van der Waals surface area (Å²) < 4.78 is 9.27. The second-order valence-electron chi connectivity index (χ2n) is 4.38. The van der Waals surface area contributed by atoms with Crippen LogP contribution in [0, 0.1) is 5.92 Å². The van der Waals surface area contributed by atoms with Crippen LogP contribution >= 0.6 is 0 Å². The van der Waals surface area contributed by atoms with Gasteiger partial charge in [-0.05, 0) is 6.42 Å². The van der Waals surface area contributed by atoms with Crippen molar-refractivity contribution in [1.82, 2.24) is 10.2 Å². The van der Waals surface area contributed by atoms with Gasteiger partial charge in [0.05, 0.1) is 26.7 Å². The van der Waals surface area contributed by atoms with Crippen LogP contribution < -0.4 is 5.32 Å². The minimum absolute atomic E-state index is 0.225. The number of nitrogens with zero attached hydrogens (tertiary/aromatic N) is 1. The highest BCUT2D eigenvalue weighted by Crippen LogP contribution is 2.26. The van der Waals surface area contributed by atoms with Gasteiger partial charge in [-0.25, -0.2) is 4.79 Å². The predicted molar refractivity (Wildman–Crippen MR) is 66.3 cm³/mol. The van der Waals surface area contributed by atoms with E-state index in [1.54, 1.807) is 0 Å². The first-order valence-electron chi connectivity index (χ1n) is 6.12. The Labute approximate surface area is 116 Å². The van der Waals surface area contributed by atoms with Gasteiger partial charge >= 0.3 is 11.9 Å². The lowest BCUT2D eigenvalue weighted by Gasteiger charge is -2.25. The van der Waals surface area contributed by atoms with Gasteiger partial charge in [-0.1, -0.05) is 0 Å². The zero-order chi connectivity index (χ0) is 15.3. The van der Waals surface area contributed by atoms with Crippen LogP contribution in [0.15, 0.2) is 0 Å². The average molecular weight is 286 g/mol. The molecule has 0 spiro atoms. The summed E-state index contributed by atoms with van der Waals surface area (Å²) in [6.45, 7) is 1.29. The van der Waals surface area contributed by atoms with E-state index in [2.05, 4.69) is 14.8 Å². The predicted octanol–water partition coefficient (Wildman–Crippen LogP) is -1.31. The molecule has 0 aromatic rings. The fourth-order valence-corrected chi connectivity index (χ4v) is 2.18. The Morgan fingerprint density at radius 1 is 1.15 bits per heavy atom. The number of nitrogens with one attached hydrogen (secondary N) is 1. The molecule has 112 valence electrons. The van der Waals surface area contributed by atoms with Crippen molar-refractivity contribution in [3.05, 3.63) is 0 Å². The fraction of sp³-hybridized carbons (Fsp3) is 0.667. The molecule has 1 heterocycles. The Kier molecular flexibility index (Phi) is 5.48. The van der Waals surface area contributed by atoms with Crippen LogP contribution in [0.2, 0.25) is 0 Å². The van der Waals surface area contributed by atoms with E-state index in [1.165, 1.54) is 26.0 Å². The van der Waals surface area contributed by atoms with E-state index in [0.717, 1.165) is 0 Å². The number of hydrogen-bond donors (Lipinski definition) is 1. The Morgan fingerprint density at radius 2 is 1.75 bits per heavy atom. The van der Waals surface area contributed by atoms with Gasteiger partial charge in [0, 0.05) is 13.5 Å². The number of amides is 2. The standard InChI is InChI=1S/C12H18N2O6/c1-7(15)13-6-9(16)14-5-4-8(11(17)19-2)10(14)12(18)20-3/h8,10H,4-6H2,1-3H3,(H,13,15)/t8-,10+/m0/s1. The summed E-state index contributed by atoms with van der Waals surface area (Å²) in [6, 6.07) is -1.01. The summed E-state index contributed by atoms with van der Waals surface area (Å²) in [6.07, 6.45) is 0.318. The van der Waals surface area contributed by atoms with Crippen LogP contribution in [0.3, 0.4) is 0 Å². The summed E-state index contributed by atoms with van der Waals surface area (Å²) >= 11 is 0. The Morgan fingerprint density at radius 3 is 2.25 bits per heavy atom. The summed E-state index contributed by atoms with van der Waals surface area (Å²) in [5.74, 6) is -2.77. The molecule has 1 N–H and O–H groups in total. The zero-order valence-corrected chi connectivity index (χ0v) is 11.7. The number of rotatable bonds is 4. The monoisotopic (exact) mass is 286 g/mol. The Bertz CT molecular complexity index is 422. The van der Waals surface area contributed by atoms with E-state index in [4.69, 9.17) is 0 Å². The van der Waals surface area contributed by atoms with Crippen molar-refractivity contribution in [3.8, 4) is 0 Å². The van der Waals surface area contributed by atoms with E-state index < -0.39 is 29.8 Å². The lowest BCUT2D eigenvalue weighted by molar-refractivity contribution is -0.158. The van der Waals surface area contributed by atoms with Crippen molar-refractivity contribution < 1.29 is 28.7 Å². The number of methoxy groups -OCH3 is 2. The molecule has 0 bridgehead atoms.